The van der Waals surface area contributed by atoms with Crippen LogP contribution in [0.5, 0.6) is 11.6 Å². The third-order valence-electron chi connectivity index (χ3n) is 2.75. The summed E-state index contributed by atoms with van der Waals surface area (Å²) in [6.45, 7) is 5.84. The van der Waals surface area contributed by atoms with Crippen molar-refractivity contribution in [3.8, 4) is 11.6 Å². The molecule has 0 unspecified atom stereocenters. The molecular weight excluding hydrogens is 266 g/mol. The van der Waals surface area contributed by atoms with E-state index in [9.17, 15) is 0 Å². The lowest BCUT2D eigenvalue weighted by Crippen LogP contribution is -2.09. The fourth-order valence-electron chi connectivity index (χ4n) is 1.85. The standard InChI is InChI=1S/C16H21N3O2/c1-3-20-16-12-15(18-13(2)19-16)17-10-7-11-21-14-8-5-4-6-9-14/h4-6,8-9,12H,3,7,10-11H2,1-2H3,(H,17,18,19). The summed E-state index contributed by atoms with van der Waals surface area (Å²) < 4.78 is 11.0. The molecule has 0 radical (unpaired) electrons. The Labute approximate surface area is 125 Å². The maximum absolute atomic E-state index is 5.63. The molecule has 2 aromatic rings. The number of para-hydroxylation sites is 1. The molecule has 0 aliphatic carbocycles. The fraction of sp³-hybridized carbons (Fsp3) is 0.375. The molecule has 0 saturated carbocycles. The summed E-state index contributed by atoms with van der Waals surface area (Å²) in [6.07, 6.45) is 0.891. The average Bonchev–Trinajstić information content (AvgIpc) is 2.48. The third kappa shape index (κ3) is 5.30. The third-order valence-corrected chi connectivity index (χ3v) is 2.75. The van der Waals surface area contributed by atoms with Crippen LogP contribution in [0.15, 0.2) is 36.4 Å². The highest BCUT2D eigenvalue weighted by atomic mass is 16.5. The highest BCUT2D eigenvalue weighted by molar-refractivity contribution is 5.38. The predicted molar refractivity (Wildman–Crippen MR) is 83.0 cm³/mol. The topological polar surface area (TPSA) is 56.3 Å². The van der Waals surface area contributed by atoms with Crippen molar-refractivity contribution in [2.45, 2.75) is 20.3 Å². The number of benzene rings is 1. The number of nitrogens with one attached hydrogen (secondary N) is 1. The Hall–Kier alpha value is -2.30. The van der Waals surface area contributed by atoms with Crippen molar-refractivity contribution in [3.05, 3.63) is 42.2 Å². The molecule has 5 nitrogen and oxygen atoms in total. The number of hydrogen-bond acceptors (Lipinski definition) is 5. The number of nitrogens with zero attached hydrogens (tertiary/aromatic N) is 2. The molecule has 0 bridgehead atoms. The van der Waals surface area contributed by atoms with Crippen LogP contribution >= 0.6 is 0 Å². The largest absolute Gasteiger partial charge is 0.494 e. The number of hydrogen-bond donors (Lipinski definition) is 1. The van der Waals surface area contributed by atoms with Crippen molar-refractivity contribution in [2.24, 2.45) is 0 Å². The quantitative estimate of drug-likeness (QED) is 0.756. The maximum Gasteiger partial charge on any atom is 0.218 e. The van der Waals surface area contributed by atoms with Gasteiger partial charge in [-0.2, -0.15) is 4.98 Å². The van der Waals surface area contributed by atoms with E-state index in [1.54, 1.807) is 0 Å². The zero-order valence-corrected chi connectivity index (χ0v) is 12.5. The van der Waals surface area contributed by atoms with Crippen molar-refractivity contribution in [1.29, 1.82) is 0 Å². The zero-order valence-electron chi connectivity index (χ0n) is 12.5. The normalized spacial score (nSPS) is 10.2. The molecule has 0 fully saturated rings. The minimum atomic E-state index is 0.598. The van der Waals surface area contributed by atoms with Crippen LogP contribution in [0.1, 0.15) is 19.2 Å². The van der Waals surface area contributed by atoms with Gasteiger partial charge in [-0.15, -0.1) is 0 Å². The van der Waals surface area contributed by atoms with E-state index in [2.05, 4.69) is 15.3 Å². The molecule has 1 aromatic carbocycles. The van der Waals surface area contributed by atoms with Gasteiger partial charge in [-0.3, -0.25) is 0 Å². The first-order valence-corrected chi connectivity index (χ1v) is 7.18. The predicted octanol–water partition coefficient (Wildman–Crippen LogP) is 3.06. The van der Waals surface area contributed by atoms with Gasteiger partial charge in [0.05, 0.1) is 13.2 Å². The van der Waals surface area contributed by atoms with Crippen molar-refractivity contribution in [3.63, 3.8) is 0 Å². The minimum Gasteiger partial charge on any atom is -0.494 e. The molecule has 0 aliphatic rings. The highest BCUT2D eigenvalue weighted by Gasteiger charge is 2.02. The van der Waals surface area contributed by atoms with E-state index in [-0.39, 0.29) is 0 Å². The monoisotopic (exact) mass is 287 g/mol. The molecule has 1 aromatic heterocycles. The van der Waals surface area contributed by atoms with E-state index in [0.29, 0.717) is 24.9 Å². The highest BCUT2D eigenvalue weighted by Crippen LogP contribution is 2.13. The van der Waals surface area contributed by atoms with Crippen LogP contribution in [0.4, 0.5) is 5.82 Å². The van der Waals surface area contributed by atoms with Crippen molar-refractivity contribution in [2.75, 3.05) is 25.1 Å². The molecule has 0 atom stereocenters. The summed E-state index contributed by atoms with van der Waals surface area (Å²) in [4.78, 5) is 8.54. The van der Waals surface area contributed by atoms with Crippen molar-refractivity contribution >= 4 is 5.82 Å². The summed E-state index contributed by atoms with van der Waals surface area (Å²) in [5.41, 5.74) is 0. The van der Waals surface area contributed by atoms with E-state index in [1.165, 1.54) is 0 Å². The van der Waals surface area contributed by atoms with E-state index in [1.807, 2.05) is 50.2 Å². The number of aryl methyl sites for hydroxylation is 1. The molecule has 0 spiro atoms. The maximum atomic E-state index is 5.63. The summed E-state index contributed by atoms with van der Waals surface area (Å²) in [5.74, 6) is 2.98. The molecular formula is C16H21N3O2. The van der Waals surface area contributed by atoms with Gasteiger partial charge in [0, 0.05) is 12.6 Å². The molecule has 2 rings (SSSR count). The number of ether oxygens (including phenoxy) is 2. The van der Waals surface area contributed by atoms with E-state index < -0.39 is 0 Å². The second kappa shape index (κ2) is 8.09. The van der Waals surface area contributed by atoms with Gasteiger partial charge >= 0.3 is 0 Å². The summed E-state index contributed by atoms with van der Waals surface area (Å²) in [6, 6.07) is 11.6. The number of rotatable bonds is 8. The van der Waals surface area contributed by atoms with Gasteiger partial charge < -0.3 is 14.8 Å². The molecule has 1 N–H and O–H groups in total. The van der Waals surface area contributed by atoms with Gasteiger partial charge in [0.1, 0.15) is 17.4 Å². The molecule has 1 heterocycles. The molecule has 5 heteroatoms. The summed E-state index contributed by atoms with van der Waals surface area (Å²) in [7, 11) is 0. The number of anilines is 1. The van der Waals surface area contributed by atoms with Gasteiger partial charge in [0.25, 0.3) is 0 Å². The number of aromatic nitrogens is 2. The average molecular weight is 287 g/mol. The van der Waals surface area contributed by atoms with Gasteiger partial charge in [-0.05, 0) is 32.4 Å². The Bertz CT molecular complexity index is 546. The first-order chi connectivity index (χ1) is 10.3. The SMILES string of the molecule is CCOc1cc(NCCCOc2ccccc2)nc(C)n1. The first kappa shape index (κ1) is 15.1. The van der Waals surface area contributed by atoms with Crippen LogP contribution in [0.2, 0.25) is 0 Å². The molecule has 21 heavy (non-hydrogen) atoms. The smallest absolute Gasteiger partial charge is 0.218 e. The lowest BCUT2D eigenvalue weighted by Gasteiger charge is -2.09. The second-order valence-corrected chi connectivity index (χ2v) is 4.51. The van der Waals surface area contributed by atoms with Gasteiger partial charge in [0.2, 0.25) is 5.88 Å². The van der Waals surface area contributed by atoms with Crippen LogP contribution in [0.25, 0.3) is 0 Å². The summed E-state index contributed by atoms with van der Waals surface area (Å²) >= 11 is 0. The molecule has 0 amide bonds. The van der Waals surface area contributed by atoms with E-state index in [0.717, 1.165) is 24.5 Å². The van der Waals surface area contributed by atoms with Gasteiger partial charge in [-0.1, -0.05) is 18.2 Å². The van der Waals surface area contributed by atoms with E-state index >= 15 is 0 Å². The Balaban J connectivity index is 1.73. The van der Waals surface area contributed by atoms with Crippen LogP contribution in [0.3, 0.4) is 0 Å². The van der Waals surface area contributed by atoms with Gasteiger partial charge in [0.15, 0.2) is 0 Å². The Morgan fingerprint density at radius 1 is 1.10 bits per heavy atom. The Morgan fingerprint density at radius 2 is 1.90 bits per heavy atom. The Morgan fingerprint density at radius 3 is 2.67 bits per heavy atom. The molecule has 0 aliphatic heterocycles. The summed E-state index contributed by atoms with van der Waals surface area (Å²) in [5, 5.41) is 3.26. The fourth-order valence-corrected chi connectivity index (χ4v) is 1.85. The Kier molecular flexibility index (Phi) is 5.82. The minimum absolute atomic E-state index is 0.598. The van der Waals surface area contributed by atoms with Crippen LogP contribution in [0, 0.1) is 6.92 Å². The van der Waals surface area contributed by atoms with Crippen molar-refractivity contribution in [1.82, 2.24) is 9.97 Å². The van der Waals surface area contributed by atoms with Crippen LogP contribution in [-0.2, 0) is 0 Å². The molecule has 112 valence electrons. The van der Waals surface area contributed by atoms with Crippen LogP contribution in [-0.4, -0.2) is 29.7 Å². The second-order valence-electron chi connectivity index (χ2n) is 4.51. The van der Waals surface area contributed by atoms with Crippen LogP contribution < -0.4 is 14.8 Å². The van der Waals surface area contributed by atoms with E-state index in [4.69, 9.17) is 9.47 Å². The first-order valence-electron chi connectivity index (χ1n) is 7.18. The van der Waals surface area contributed by atoms with Gasteiger partial charge in [-0.25, -0.2) is 4.98 Å². The van der Waals surface area contributed by atoms with Crippen molar-refractivity contribution < 1.29 is 9.47 Å². The molecule has 0 saturated heterocycles. The lowest BCUT2D eigenvalue weighted by molar-refractivity contribution is 0.315. The lowest BCUT2D eigenvalue weighted by atomic mass is 10.3. The zero-order chi connectivity index (χ0) is 14.9.